The van der Waals surface area contributed by atoms with Gasteiger partial charge in [-0.1, -0.05) is 21.9 Å². The van der Waals surface area contributed by atoms with E-state index in [0.717, 1.165) is 0 Å². The van der Waals surface area contributed by atoms with Gasteiger partial charge in [0, 0.05) is 22.6 Å². The van der Waals surface area contributed by atoms with E-state index in [2.05, 4.69) is 30.5 Å². The van der Waals surface area contributed by atoms with Gasteiger partial charge >= 0.3 is 5.97 Å². The number of ether oxygens (including phenoxy) is 1. The highest BCUT2D eigenvalue weighted by molar-refractivity contribution is 14.1. The molecule has 0 saturated heterocycles. The minimum absolute atomic E-state index is 0.178. The summed E-state index contributed by atoms with van der Waals surface area (Å²) in [5.74, 6) is 2.33. The maximum absolute atomic E-state index is 10.7. The minimum atomic E-state index is -0.279. The van der Waals surface area contributed by atoms with Gasteiger partial charge in [0.1, 0.15) is 4.83 Å². The fourth-order valence-corrected chi connectivity index (χ4v) is 0.537. The quantitative estimate of drug-likeness (QED) is 0.335. The Labute approximate surface area is 82.0 Å². The van der Waals surface area contributed by atoms with Crippen LogP contribution in [0.15, 0.2) is 0 Å². The van der Waals surface area contributed by atoms with Gasteiger partial charge in [-0.15, -0.1) is 0 Å². The van der Waals surface area contributed by atoms with Gasteiger partial charge in [0.05, 0.1) is 0 Å². The number of carbonyl (C=O) groups excluding carboxylic acids is 1. The van der Waals surface area contributed by atoms with E-state index in [0.29, 0.717) is 0 Å². The molecule has 0 spiro atoms. The first-order valence-corrected chi connectivity index (χ1v) is 4.57. The predicted molar refractivity (Wildman–Crippen MR) is 51.1 cm³/mol. The first kappa shape index (κ1) is 10.2. The van der Waals surface area contributed by atoms with Gasteiger partial charge in [-0.2, -0.15) is 0 Å². The van der Waals surface area contributed by atoms with Crippen LogP contribution in [0.5, 0.6) is 0 Å². The molecule has 0 radical (unpaired) electrons. The molecule has 0 aliphatic carbocycles. The maximum Gasteiger partial charge on any atom is 0.320 e. The van der Waals surface area contributed by atoms with Crippen molar-refractivity contribution in [2.75, 3.05) is 6.61 Å². The van der Waals surface area contributed by atoms with E-state index < -0.39 is 0 Å². The lowest BCUT2D eigenvalue weighted by molar-refractivity contribution is -0.140. The van der Waals surface area contributed by atoms with Gasteiger partial charge in [-0.05, 0) is 10.9 Å². The second kappa shape index (κ2) is 5.98. The van der Waals surface area contributed by atoms with E-state index >= 15 is 0 Å². The number of hydrogen-bond acceptors (Lipinski definition) is 2. The van der Waals surface area contributed by atoms with Gasteiger partial charge < -0.3 is 4.74 Å². The van der Waals surface area contributed by atoms with Crippen LogP contribution in [0, 0.1) is 9.85 Å². The summed E-state index contributed by atoms with van der Waals surface area (Å²) in [6.07, 6.45) is 0. The van der Waals surface area contributed by atoms with Crippen molar-refractivity contribution >= 4 is 44.5 Å². The number of carbonyl (C=O) groups is 1. The first-order chi connectivity index (χ1) is 4.68. The van der Waals surface area contributed by atoms with Crippen molar-refractivity contribution in [3.63, 3.8) is 0 Å². The molecule has 0 N–H and O–H groups in total. The summed E-state index contributed by atoms with van der Waals surface area (Å²) in [5.41, 5.74) is 0. The maximum atomic E-state index is 10.7. The molecule has 10 heavy (non-hydrogen) atoms. The summed E-state index contributed by atoms with van der Waals surface area (Å²) in [5, 5.41) is 0. The molecule has 0 fully saturated rings. The molecule has 0 saturated carbocycles. The summed E-state index contributed by atoms with van der Waals surface area (Å²) in [6, 6.07) is 0. The van der Waals surface area contributed by atoms with Crippen LogP contribution in [0.1, 0.15) is 6.92 Å². The highest BCUT2D eigenvalue weighted by Gasteiger charge is 2.07. The Bertz CT molecular complexity index is 168. The fraction of sp³-hybridized carbons (Fsp3) is 0.500. The van der Waals surface area contributed by atoms with Gasteiger partial charge in [0.25, 0.3) is 0 Å². The Kier molecular flexibility index (Phi) is 6.13. The number of halogens is 2. The Balaban J connectivity index is 3.47. The lowest BCUT2D eigenvalue weighted by atomic mass is 10.5. The van der Waals surface area contributed by atoms with Crippen molar-refractivity contribution in [1.82, 2.24) is 0 Å². The van der Waals surface area contributed by atoms with E-state index in [9.17, 15) is 4.79 Å². The van der Waals surface area contributed by atoms with Crippen LogP contribution in [-0.4, -0.2) is 17.4 Å². The largest absolute Gasteiger partial charge is 0.452 e. The van der Waals surface area contributed by atoms with Gasteiger partial charge in [-0.25, -0.2) is 0 Å². The lowest BCUT2D eigenvalue weighted by Crippen LogP contribution is -2.13. The second-order valence-corrected chi connectivity index (χ2v) is 3.41. The lowest BCUT2D eigenvalue weighted by Gasteiger charge is -2.00. The topological polar surface area (TPSA) is 26.3 Å². The third-order valence-corrected chi connectivity index (χ3v) is 1.43. The zero-order chi connectivity index (χ0) is 7.98. The number of hydrogen-bond donors (Lipinski definition) is 0. The van der Waals surface area contributed by atoms with Crippen molar-refractivity contribution in [3.05, 3.63) is 0 Å². The monoisotopic (exact) mass is 316 g/mol. The van der Waals surface area contributed by atoms with Crippen molar-refractivity contribution in [2.45, 2.75) is 11.8 Å². The molecular weight excluding hydrogens is 311 g/mol. The van der Waals surface area contributed by atoms with Crippen LogP contribution in [0.4, 0.5) is 0 Å². The SMILES string of the molecule is CC(Br)C(=O)OCC#CI. The molecule has 4 heteroatoms. The Morgan fingerprint density at radius 3 is 2.90 bits per heavy atom. The molecular formula is C6H6BrIO2. The summed E-state index contributed by atoms with van der Waals surface area (Å²) in [6.45, 7) is 1.89. The van der Waals surface area contributed by atoms with E-state index in [4.69, 9.17) is 0 Å². The molecule has 0 rings (SSSR count). The molecule has 0 aromatic carbocycles. The van der Waals surface area contributed by atoms with E-state index in [1.165, 1.54) is 0 Å². The molecule has 56 valence electrons. The molecule has 1 atom stereocenters. The van der Waals surface area contributed by atoms with Crippen LogP contribution < -0.4 is 0 Å². The Morgan fingerprint density at radius 2 is 2.50 bits per heavy atom. The summed E-state index contributed by atoms with van der Waals surface area (Å²) >= 11 is 4.95. The molecule has 0 aromatic rings. The molecule has 0 heterocycles. The van der Waals surface area contributed by atoms with Crippen LogP contribution in [-0.2, 0) is 9.53 Å². The predicted octanol–water partition coefficient (Wildman–Crippen LogP) is 1.71. The molecule has 0 amide bonds. The van der Waals surface area contributed by atoms with E-state index in [1.54, 1.807) is 6.92 Å². The van der Waals surface area contributed by atoms with E-state index in [1.807, 2.05) is 22.6 Å². The molecule has 0 aromatic heterocycles. The molecule has 0 aliphatic rings. The number of esters is 1. The number of alkyl halides is 1. The number of rotatable bonds is 2. The smallest absolute Gasteiger partial charge is 0.320 e. The Morgan fingerprint density at radius 1 is 1.90 bits per heavy atom. The normalized spacial score (nSPS) is 11.1. The van der Waals surface area contributed by atoms with Crippen molar-refractivity contribution in [2.24, 2.45) is 0 Å². The second-order valence-electron chi connectivity index (χ2n) is 1.49. The van der Waals surface area contributed by atoms with Crippen LogP contribution in [0.25, 0.3) is 0 Å². The molecule has 1 unspecified atom stereocenters. The van der Waals surface area contributed by atoms with E-state index in [-0.39, 0.29) is 17.4 Å². The van der Waals surface area contributed by atoms with Gasteiger partial charge in [0.15, 0.2) is 6.61 Å². The Hall–Kier alpha value is 0.240. The summed E-state index contributed by atoms with van der Waals surface area (Å²) in [7, 11) is 0. The van der Waals surface area contributed by atoms with Crippen molar-refractivity contribution in [1.29, 1.82) is 0 Å². The summed E-state index contributed by atoms with van der Waals surface area (Å²) < 4.78 is 7.27. The van der Waals surface area contributed by atoms with Crippen molar-refractivity contribution < 1.29 is 9.53 Å². The first-order valence-electron chi connectivity index (χ1n) is 2.57. The highest BCUT2D eigenvalue weighted by atomic mass is 127. The molecule has 2 nitrogen and oxygen atoms in total. The van der Waals surface area contributed by atoms with Crippen LogP contribution in [0.3, 0.4) is 0 Å². The third kappa shape index (κ3) is 5.06. The zero-order valence-electron chi connectivity index (χ0n) is 5.36. The average molecular weight is 317 g/mol. The zero-order valence-corrected chi connectivity index (χ0v) is 9.10. The van der Waals surface area contributed by atoms with Gasteiger partial charge in [-0.3, -0.25) is 4.79 Å². The van der Waals surface area contributed by atoms with Crippen molar-refractivity contribution in [3.8, 4) is 9.85 Å². The molecule has 0 aliphatic heterocycles. The van der Waals surface area contributed by atoms with Gasteiger partial charge in [0.2, 0.25) is 0 Å². The highest BCUT2D eigenvalue weighted by Crippen LogP contribution is 1.98. The summed E-state index contributed by atoms with van der Waals surface area (Å²) in [4.78, 5) is 10.4. The average Bonchev–Trinajstić information content (AvgIpc) is 1.88. The molecule has 0 bridgehead atoms. The fourth-order valence-electron chi connectivity index (χ4n) is 0.249. The van der Waals surface area contributed by atoms with Crippen LogP contribution in [0.2, 0.25) is 0 Å². The minimum Gasteiger partial charge on any atom is -0.452 e. The third-order valence-electron chi connectivity index (χ3n) is 0.678. The standard InChI is InChI=1S/C6H6BrIO2/c1-5(7)6(9)10-4-2-3-8/h5H,4H2,1H3. The van der Waals surface area contributed by atoms with Crippen LogP contribution >= 0.6 is 38.5 Å².